The Labute approximate surface area is 229 Å². The van der Waals surface area contributed by atoms with Crippen molar-refractivity contribution in [3.63, 3.8) is 0 Å². The maximum absolute atomic E-state index is 14.4. The Hall–Kier alpha value is -2.59. The number of carbonyl (C=O) groups excluding carboxylic acids is 1. The first-order valence-corrected chi connectivity index (χ1v) is 15.4. The van der Waals surface area contributed by atoms with Gasteiger partial charge in [-0.25, -0.2) is 12.8 Å². The third-order valence-electron chi connectivity index (χ3n) is 6.53. The number of nitrogens with zero attached hydrogens (tertiary/aromatic N) is 1. The van der Waals surface area contributed by atoms with E-state index in [-0.39, 0.29) is 35.4 Å². The fourth-order valence-corrected chi connectivity index (χ4v) is 6.91. The van der Waals surface area contributed by atoms with E-state index in [1.807, 2.05) is 12.1 Å². The van der Waals surface area contributed by atoms with E-state index in [0.29, 0.717) is 30.0 Å². The number of anilines is 2. The highest BCUT2D eigenvalue weighted by Gasteiger charge is 2.32. The van der Waals surface area contributed by atoms with E-state index in [4.69, 9.17) is 0 Å². The molecule has 0 aromatic heterocycles. The van der Waals surface area contributed by atoms with Crippen molar-refractivity contribution < 1.29 is 27.5 Å². The minimum absolute atomic E-state index is 0.0277. The first-order chi connectivity index (χ1) is 17.7. The molecule has 2 aromatic rings. The van der Waals surface area contributed by atoms with E-state index in [2.05, 4.69) is 24.1 Å². The number of halogens is 1. The molecule has 7 nitrogen and oxygen atoms in total. The average molecular weight is 565 g/mol. The second-order valence-electron chi connectivity index (χ2n) is 10.8. The Balaban J connectivity index is 1.98. The summed E-state index contributed by atoms with van der Waals surface area (Å²) in [5.41, 5.74) is 2.27. The number of carbonyl (C=O) groups is 2. The van der Waals surface area contributed by atoms with Crippen molar-refractivity contribution in [2.24, 2.45) is 5.92 Å². The molecule has 0 spiro atoms. The normalized spacial score (nSPS) is 15.9. The zero-order valence-corrected chi connectivity index (χ0v) is 24.2. The van der Waals surface area contributed by atoms with Gasteiger partial charge in [0.1, 0.15) is 20.4 Å². The number of benzene rings is 2. The number of nitrogens with one attached hydrogen (secondary N) is 1. The van der Waals surface area contributed by atoms with E-state index in [1.165, 1.54) is 6.07 Å². The van der Waals surface area contributed by atoms with E-state index in [0.717, 1.165) is 23.0 Å². The molecule has 2 N–H and O–H groups in total. The number of aliphatic carboxylic acids is 1. The molecule has 3 rings (SSSR count). The lowest BCUT2D eigenvalue weighted by Crippen LogP contribution is -2.43. The molecule has 2 aromatic carbocycles. The van der Waals surface area contributed by atoms with Gasteiger partial charge >= 0.3 is 5.97 Å². The summed E-state index contributed by atoms with van der Waals surface area (Å²) < 4.78 is 37.5. The van der Waals surface area contributed by atoms with Crippen molar-refractivity contribution in [1.29, 1.82) is 0 Å². The first kappa shape index (κ1) is 30.0. The van der Waals surface area contributed by atoms with E-state index in [9.17, 15) is 27.5 Å². The molecule has 1 aliphatic rings. The Morgan fingerprint density at radius 1 is 1.16 bits per heavy atom. The van der Waals surface area contributed by atoms with Crippen LogP contribution in [0.4, 0.5) is 15.8 Å². The van der Waals surface area contributed by atoms with Crippen molar-refractivity contribution >= 4 is 44.9 Å². The summed E-state index contributed by atoms with van der Waals surface area (Å²) in [7, 11) is -3.06. The zero-order chi connectivity index (χ0) is 28.3. The van der Waals surface area contributed by atoms with Gasteiger partial charge in [0.25, 0.3) is 0 Å². The number of amides is 1. The quantitative estimate of drug-likeness (QED) is 0.377. The minimum atomic E-state index is -3.06. The number of carboxylic acid groups (broad SMARTS) is 1. The monoisotopic (exact) mass is 564 g/mol. The van der Waals surface area contributed by atoms with Gasteiger partial charge in [-0.2, -0.15) is 0 Å². The number of hydrogen-bond donors (Lipinski definition) is 2. The molecule has 0 atom stereocenters. The summed E-state index contributed by atoms with van der Waals surface area (Å²) >= 11 is 1.16. The van der Waals surface area contributed by atoms with E-state index in [1.54, 1.807) is 39.0 Å². The highest BCUT2D eigenvalue weighted by Crippen LogP contribution is 2.39. The van der Waals surface area contributed by atoms with Crippen LogP contribution in [0.2, 0.25) is 0 Å². The Kier molecular flexibility index (Phi) is 9.52. The van der Waals surface area contributed by atoms with Gasteiger partial charge in [0.2, 0.25) is 5.91 Å². The number of hydrogen-bond acceptors (Lipinski definition) is 6. The molecule has 1 heterocycles. The van der Waals surface area contributed by atoms with Gasteiger partial charge in [-0.05, 0) is 74.9 Å². The lowest BCUT2D eigenvalue weighted by Gasteiger charge is -2.38. The van der Waals surface area contributed by atoms with Crippen LogP contribution < -0.4 is 10.2 Å². The zero-order valence-electron chi connectivity index (χ0n) is 22.6. The van der Waals surface area contributed by atoms with E-state index >= 15 is 0 Å². The first-order valence-electron chi connectivity index (χ1n) is 12.8. The van der Waals surface area contributed by atoms with Crippen molar-refractivity contribution in [2.45, 2.75) is 69.6 Å². The van der Waals surface area contributed by atoms with Gasteiger partial charge in [-0.1, -0.05) is 26.0 Å². The van der Waals surface area contributed by atoms with Crippen LogP contribution in [0, 0.1) is 18.7 Å². The van der Waals surface area contributed by atoms with Crippen LogP contribution in [0.3, 0.4) is 0 Å². The molecule has 1 amide bonds. The second kappa shape index (κ2) is 12.1. The van der Waals surface area contributed by atoms with Crippen LogP contribution in [0.15, 0.2) is 41.3 Å². The van der Waals surface area contributed by atoms with Crippen molar-refractivity contribution in [3.05, 3.63) is 53.3 Å². The molecule has 1 aliphatic heterocycles. The smallest absolute Gasteiger partial charge is 0.319 e. The van der Waals surface area contributed by atoms with Crippen molar-refractivity contribution in [3.8, 4) is 0 Å². The lowest BCUT2D eigenvalue weighted by molar-refractivity contribution is -0.138. The molecule has 10 heteroatoms. The van der Waals surface area contributed by atoms with Crippen LogP contribution in [-0.2, 0) is 25.8 Å². The van der Waals surface area contributed by atoms with Crippen LogP contribution in [0.1, 0.15) is 51.7 Å². The third kappa shape index (κ3) is 7.96. The van der Waals surface area contributed by atoms with Gasteiger partial charge in [-0.3, -0.25) is 9.59 Å². The summed E-state index contributed by atoms with van der Waals surface area (Å²) in [4.78, 5) is 27.6. The summed E-state index contributed by atoms with van der Waals surface area (Å²) in [6.07, 6.45) is 0.814. The molecule has 0 bridgehead atoms. The molecule has 1 fully saturated rings. The molecule has 0 aliphatic carbocycles. The minimum Gasteiger partial charge on any atom is -0.480 e. The SMILES string of the molecule is Cc1ccc(CC(=O)Nc2cc(SC(C)(C)C(=O)O)ccc2N(CC(C)C)C2CCS(=O)(=O)CC2)c(F)c1. The van der Waals surface area contributed by atoms with Crippen LogP contribution >= 0.6 is 11.8 Å². The predicted octanol–water partition coefficient (Wildman–Crippen LogP) is 5.31. The Morgan fingerprint density at radius 2 is 1.82 bits per heavy atom. The molecular weight excluding hydrogens is 527 g/mol. The molecule has 38 heavy (non-hydrogen) atoms. The maximum atomic E-state index is 14.4. The van der Waals surface area contributed by atoms with Crippen LogP contribution in [0.25, 0.3) is 0 Å². The average Bonchev–Trinajstić information content (AvgIpc) is 2.79. The Bertz CT molecular complexity index is 1280. The summed E-state index contributed by atoms with van der Waals surface area (Å²) in [6, 6.07) is 10.1. The maximum Gasteiger partial charge on any atom is 0.319 e. The second-order valence-corrected chi connectivity index (χ2v) is 14.8. The standard InChI is InChI=1S/C28H37FN2O5S2/c1-18(2)17-31(21-10-12-38(35,36)13-11-21)25-9-8-22(37-28(4,5)27(33)34)16-24(25)30-26(32)15-20-7-6-19(3)14-23(20)29/h6-9,14,16,18,21H,10-13,15,17H2,1-5H3,(H,30,32)(H,33,34). The van der Waals surface area contributed by atoms with Crippen molar-refractivity contribution in [2.75, 3.05) is 28.3 Å². The largest absolute Gasteiger partial charge is 0.480 e. The topological polar surface area (TPSA) is 104 Å². The molecular formula is C28H37FN2O5S2. The lowest BCUT2D eigenvalue weighted by atomic mass is 10.0. The Morgan fingerprint density at radius 3 is 2.39 bits per heavy atom. The van der Waals surface area contributed by atoms with Gasteiger partial charge in [0, 0.05) is 17.5 Å². The van der Waals surface area contributed by atoms with Crippen LogP contribution in [0.5, 0.6) is 0 Å². The van der Waals surface area contributed by atoms with E-state index < -0.39 is 32.3 Å². The molecule has 208 valence electrons. The van der Waals surface area contributed by atoms with Gasteiger partial charge in [0.15, 0.2) is 0 Å². The number of thioether (sulfide) groups is 1. The fourth-order valence-electron chi connectivity index (χ4n) is 4.46. The number of rotatable bonds is 10. The number of carboxylic acids is 1. The van der Waals surface area contributed by atoms with Gasteiger partial charge in [-0.15, -0.1) is 11.8 Å². The summed E-state index contributed by atoms with van der Waals surface area (Å²) in [5.74, 6) is -1.32. The fraction of sp³-hybridized carbons (Fsp3) is 0.500. The third-order valence-corrected chi connectivity index (χ3v) is 9.42. The number of aryl methyl sites for hydroxylation is 1. The van der Waals surface area contributed by atoms with Crippen LogP contribution in [-0.4, -0.2) is 54.2 Å². The van der Waals surface area contributed by atoms with Gasteiger partial charge < -0.3 is 15.3 Å². The molecule has 0 unspecified atom stereocenters. The van der Waals surface area contributed by atoms with Gasteiger partial charge in [0.05, 0.1) is 29.3 Å². The number of sulfone groups is 1. The predicted molar refractivity (Wildman–Crippen MR) is 151 cm³/mol. The summed E-state index contributed by atoms with van der Waals surface area (Å²) in [5, 5.41) is 12.5. The highest BCUT2D eigenvalue weighted by atomic mass is 32.2. The summed E-state index contributed by atoms with van der Waals surface area (Å²) in [6.45, 7) is 9.79. The highest BCUT2D eigenvalue weighted by molar-refractivity contribution is 8.01. The molecule has 1 saturated heterocycles. The molecule has 0 saturated carbocycles. The molecule has 0 radical (unpaired) electrons. The van der Waals surface area contributed by atoms with Crippen molar-refractivity contribution in [1.82, 2.24) is 0 Å².